The largest absolute Gasteiger partial charge is 0.273 e. The van der Waals surface area contributed by atoms with Gasteiger partial charge in [-0.2, -0.15) is 5.10 Å². The van der Waals surface area contributed by atoms with Crippen LogP contribution in [-0.2, 0) is 10.2 Å². The van der Waals surface area contributed by atoms with Crippen molar-refractivity contribution in [2.24, 2.45) is 5.10 Å². The first kappa shape index (κ1) is 19.3. The van der Waals surface area contributed by atoms with Crippen molar-refractivity contribution in [2.45, 2.75) is 44.4 Å². The molecule has 2 rings (SSSR count). The monoisotopic (exact) mass is 354 g/mol. The van der Waals surface area contributed by atoms with Gasteiger partial charge in [0.2, 0.25) is 5.91 Å². The van der Waals surface area contributed by atoms with Crippen LogP contribution in [0.1, 0.15) is 45.2 Å². The van der Waals surface area contributed by atoms with Crippen molar-refractivity contribution in [2.75, 3.05) is 5.75 Å². The van der Waals surface area contributed by atoms with E-state index in [1.165, 1.54) is 10.5 Å². The van der Waals surface area contributed by atoms with Crippen LogP contribution >= 0.6 is 11.8 Å². The molecule has 132 valence electrons. The Balaban J connectivity index is 1.82. The summed E-state index contributed by atoms with van der Waals surface area (Å²) in [6.45, 7) is 8.48. The van der Waals surface area contributed by atoms with E-state index < -0.39 is 0 Å². The molecule has 25 heavy (non-hydrogen) atoms. The van der Waals surface area contributed by atoms with Gasteiger partial charge in [0.1, 0.15) is 0 Å². The summed E-state index contributed by atoms with van der Waals surface area (Å²) in [5.41, 5.74) is 5.89. The molecule has 3 nitrogen and oxygen atoms in total. The number of nitrogens with one attached hydrogen (secondary N) is 1. The zero-order valence-electron chi connectivity index (χ0n) is 15.4. The third-order valence-electron chi connectivity index (χ3n) is 3.86. The molecule has 0 aliphatic rings. The van der Waals surface area contributed by atoms with Gasteiger partial charge < -0.3 is 0 Å². The average molecular weight is 355 g/mol. The van der Waals surface area contributed by atoms with E-state index in [1.54, 1.807) is 11.8 Å². The Bertz CT molecular complexity index is 716. The van der Waals surface area contributed by atoms with Crippen LogP contribution in [0, 0.1) is 0 Å². The topological polar surface area (TPSA) is 41.5 Å². The summed E-state index contributed by atoms with van der Waals surface area (Å²) >= 11 is 1.67. The first-order chi connectivity index (χ1) is 11.9. The normalized spacial score (nSPS) is 12.1. The van der Waals surface area contributed by atoms with E-state index in [-0.39, 0.29) is 11.3 Å². The molecule has 0 spiro atoms. The van der Waals surface area contributed by atoms with Crippen molar-refractivity contribution in [1.29, 1.82) is 0 Å². The molecule has 2 aromatic rings. The van der Waals surface area contributed by atoms with Gasteiger partial charge in [-0.25, -0.2) is 5.43 Å². The van der Waals surface area contributed by atoms with Crippen molar-refractivity contribution in [1.82, 2.24) is 5.43 Å². The lowest BCUT2D eigenvalue weighted by atomic mass is 9.86. The fraction of sp³-hybridized carbons (Fsp3) is 0.333. The number of hydrazone groups is 1. The molecule has 0 fully saturated rings. The summed E-state index contributed by atoms with van der Waals surface area (Å²) in [4.78, 5) is 13.1. The Morgan fingerprint density at radius 1 is 1.04 bits per heavy atom. The Kier molecular flexibility index (Phi) is 6.82. The molecule has 0 bridgehead atoms. The molecular weight excluding hydrogens is 328 g/mol. The van der Waals surface area contributed by atoms with Gasteiger partial charge in [0.25, 0.3) is 0 Å². The molecule has 2 aromatic carbocycles. The van der Waals surface area contributed by atoms with Crippen LogP contribution in [0.5, 0.6) is 0 Å². The van der Waals surface area contributed by atoms with Gasteiger partial charge in [-0.05, 0) is 35.6 Å². The molecule has 0 saturated carbocycles. The van der Waals surface area contributed by atoms with Gasteiger partial charge in [-0.3, -0.25) is 4.79 Å². The Morgan fingerprint density at radius 3 is 2.28 bits per heavy atom. The van der Waals surface area contributed by atoms with Crippen molar-refractivity contribution in [3.63, 3.8) is 0 Å². The summed E-state index contributed by atoms with van der Waals surface area (Å²) in [5, 5.41) is 4.22. The number of hydrogen-bond donors (Lipinski definition) is 1. The molecule has 0 unspecified atom stereocenters. The predicted octanol–water partition coefficient (Wildman–Crippen LogP) is 5.01. The Morgan fingerprint density at radius 2 is 1.68 bits per heavy atom. The molecule has 0 heterocycles. The van der Waals surface area contributed by atoms with E-state index in [2.05, 4.69) is 55.6 Å². The van der Waals surface area contributed by atoms with E-state index in [1.807, 2.05) is 37.3 Å². The first-order valence-corrected chi connectivity index (χ1v) is 9.47. The second-order valence-electron chi connectivity index (χ2n) is 6.97. The van der Waals surface area contributed by atoms with E-state index >= 15 is 0 Å². The molecule has 0 atom stereocenters. The van der Waals surface area contributed by atoms with Gasteiger partial charge in [0.15, 0.2) is 0 Å². The van der Waals surface area contributed by atoms with Crippen LogP contribution in [0.2, 0.25) is 0 Å². The highest BCUT2D eigenvalue weighted by molar-refractivity contribution is 7.99. The third kappa shape index (κ3) is 6.39. The number of amides is 1. The third-order valence-corrected chi connectivity index (χ3v) is 4.87. The van der Waals surface area contributed by atoms with Gasteiger partial charge in [0, 0.05) is 17.1 Å². The predicted molar refractivity (Wildman–Crippen MR) is 107 cm³/mol. The molecule has 1 amide bonds. The summed E-state index contributed by atoms with van der Waals surface area (Å²) in [6.07, 6.45) is 0.444. The maximum absolute atomic E-state index is 11.9. The molecule has 1 N–H and O–H groups in total. The van der Waals surface area contributed by atoms with E-state index in [0.717, 1.165) is 17.0 Å². The second-order valence-corrected chi connectivity index (χ2v) is 8.14. The van der Waals surface area contributed by atoms with Crippen molar-refractivity contribution in [3.8, 4) is 0 Å². The van der Waals surface area contributed by atoms with Crippen LogP contribution < -0.4 is 5.43 Å². The lowest BCUT2D eigenvalue weighted by Crippen LogP contribution is -2.19. The summed E-state index contributed by atoms with van der Waals surface area (Å²) in [5.74, 6) is 0.680. The van der Waals surface area contributed by atoms with Gasteiger partial charge >= 0.3 is 0 Å². The number of carbonyl (C=O) groups excluding carboxylic acids is 1. The summed E-state index contributed by atoms with van der Waals surface area (Å²) < 4.78 is 0. The quantitative estimate of drug-likeness (QED) is 0.450. The lowest BCUT2D eigenvalue weighted by Gasteiger charge is -2.19. The fourth-order valence-electron chi connectivity index (χ4n) is 2.26. The fourth-order valence-corrected chi connectivity index (χ4v) is 3.13. The number of carbonyl (C=O) groups is 1. The van der Waals surface area contributed by atoms with Crippen molar-refractivity contribution in [3.05, 3.63) is 65.7 Å². The highest BCUT2D eigenvalue weighted by Gasteiger charge is 2.13. The van der Waals surface area contributed by atoms with Crippen LogP contribution in [0.3, 0.4) is 0 Å². The maximum Gasteiger partial charge on any atom is 0.240 e. The number of nitrogens with zero attached hydrogens (tertiary/aromatic N) is 1. The van der Waals surface area contributed by atoms with E-state index in [0.29, 0.717) is 6.42 Å². The van der Waals surface area contributed by atoms with Crippen molar-refractivity contribution >= 4 is 23.4 Å². The van der Waals surface area contributed by atoms with Gasteiger partial charge in [0.05, 0.1) is 5.71 Å². The van der Waals surface area contributed by atoms with Crippen molar-refractivity contribution < 1.29 is 4.79 Å². The molecule has 0 aromatic heterocycles. The number of rotatable bonds is 6. The molecular formula is C21H26N2OS. The Labute approximate surface area is 154 Å². The minimum absolute atomic E-state index is 0.0610. The van der Waals surface area contributed by atoms with Crippen LogP contribution in [0.15, 0.2) is 64.6 Å². The molecule has 0 aliphatic heterocycles. The smallest absolute Gasteiger partial charge is 0.240 e. The summed E-state index contributed by atoms with van der Waals surface area (Å²) in [7, 11) is 0. The standard InChI is InChI=1S/C21H26N2OS/c1-16(17-10-12-18(13-11-17)21(2,3)4)22-23-20(24)14-15-25-19-8-6-5-7-9-19/h5-13H,14-15H2,1-4H3,(H,23,24)/b22-16-. The Hall–Kier alpha value is -2.07. The SMILES string of the molecule is C/C(=N/NC(=O)CCSc1ccccc1)c1ccc(C(C)(C)C)cc1. The average Bonchev–Trinajstić information content (AvgIpc) is 2.60. The highest BCUT2D eigenvalue weighted by Crippen LogP contribution is 2.22. The van der Waals surface area contributed by atoms with E-state index in [9.17, 15) is 4.79 Å². The van der Waals surface area contributed by atoms with E-state index in [4.69, 9.17) is 0 Å². The zero-order chi connectivity index (χ0) is 18.3. The van der Waals surface area contributed by atoms with Gasteiger partial charge in [-0.15, -0.1) is 11.8 Å². The second kappa shape index (κ2) is 8.86. The van der Waals surface area contributed by atoms with Gasteiger partial charge in [-0.1, -0.05) is 63.2 Å². The minimum Gasteiger partial charge on any atom is -0.273 e. The number of benzene rings is 2. The first-order valence-electron chi connectivity index (χ1n) is 8.48. The number of hydrogen-bond acceptors (Lipinski definition) is 3. The zero-order valence-corrected chi connectivity index (χ0v) is 16.2. The molecule has 0 aliphatic carbocycles. The van der Waals surface area contributed by atoms with Crippen LogP contribution in [0.25, 0.3) is 0 Å². The molecule has 4 heteroatoms. The minimum atomic E-state index is -0.0610. The highest BCUT2D eigenvalue weighted by atomic mass is 32.2. The number of thioether (sulfide) groups is 1. The summed E-state index contributed by atoms with van der Waals surface area (Å²) in [6, 6.07) is 18.4. The molecule has 0 saturated heterocycles. The molecule has 0 radical (unpaired) electrons. The van der Waals surface area contributed by atoms with Crippen LogP contribution in [0.4, 0.5) is 0 Å². The van der Waals surface area contributed by atoms with Crippen LogP contribution in [-0.4, -0.2) is 17.4 Å². The maximum atomic E-state index is 11.9. The lowest BCUT2D eigenvalue weighted by molar-refractivity contribution is -0.120.